The molecule has 0 aliphatic heterocycles. The lowest BCUT2D eigenvalue weighted by Crippen LogP contribution is -2.12. The molecule has 0 fully saturated rings. The van der Waals surface area contributed by atoms with Crippen molar-refractivity contribution >= 4 is 44.8 Å². The third-order valence-corrected chi connectivity index (χ3v) is 8.71. The molecule has 0 saturated carbocycles. The molecule has 12 nitrogen and oxygen atoms in total. The highest BCUT2D eigenvalue weighted by Crippen LogP contribution is 2.30. The normalized spacial score (nSPS) is 11.9. The molecule has 0 aliphatic carbocycles. The molecule has 0 spiro atoms. The van der Waals surface area contributed by atoms with Gasteiger partial charge in [-0.2, -0.15) is 10.2 Å². The van der Waals surface area contributed by atoms with Crippen LogP contribution in [0, 0.1) is 20.8 Å². The number of nitrogens with two attached hydrogens (primary N) is 1. The topological polar surface area (TPSA) is 139 Å². The third kappa shape index (κ3) is 5.48. The zero-order valence-electron chi connectivity index (χ0n) is 27.9. The quantitative estimate of drug-likeness (QED) is 0.167. The van der Waals surface area contributed by atoms with Crippen LogP contribution in [0.25, 0.3) is 44.5 Å². The number of primary amides is 1. The molecule has 48 heavy (non-hydrogen) atoms. The molecule has 0 bridgehead atoms. The van der Waals surface area contributed by atoms with Crippen LogP contribution in [0.2, 0.25) is 0 Å². The average Bonchev–Trinajstić information content (AvgIpc) is 3.83. The van der Waals surface area contributed by atoms with E-state index < -0.39 is 5.91 Å². The smallest absolute Gasteiger partial charge is 0.248 e. The second-order valence-corrected chi connectivity index (χ2v) is 12.0. The summed E-state index contributed by atoms with van der Waals surface area (Å²) in [5.74, 6) is 0.889. The molecule has 1 amide bonds. The van der Waals surface area contributed by atoms with Gasteiger partial charge in [0.05, 0.1) is 40.2 Å². The van der Waals surface area contributed by atoms with Gasteiger partial charge in [-0.05, 0) is 70.5 Å². The number of anilines is 1. The summed E-state index contributed by atoms with van der Waals surface area (Å²) in [6.45, 7) is 13.4. The zero-order valence-corrected chi connectivity index (χ0v) is 27.9. The number of imidazole rings is 1. The van der Waals surface area contributed by atoms with E-state index in [1.807, 2.05) is 54.5 Å². The summed E-state index contributed by atoms with van der Waals surface area (Å²) in [5.41, 5.74) is 14.5. The molecule has 0 aliphatic rings. The van der Waals surface area contributed by atoms with Gasteiger partial charge >= 0.3 is 0 Å². The van der Waals surface area contributed by atoms with Crippen LogP contribution in [0.15, 0.2) is 66.9 Å². The maximum Gasteiger partial charge on any atom is 0.248 e. The molecule has 7 aromatic rings. The standard InChI is InChI=1S/C36H39N11O/c1-6-46-26(17-23(4)42-46)20-39-36-40-29-19-25(33(37)48)16-22(3)32(29)45(36)15-11-10-14-44-30-13-9-8-12-27(30)28-21-38-34(41-35(28)44)31-18-24(5)43-47(31)7-2/h8-13,16-19,21H,6-7,14-15,20H2,1-5H3,(H2,37,48)(H,39,40)/b11-10+. The number of aromatic nitrogens is 9. The van der Waals surface area contributed by atoms with E-state index in [0.717, 1.165) is 68.9 Å². The first-order valence-corrected chi connectivity index (χ1v) is 16.3. The van der Waals surface area contributed by atoms with Crippen molar-refractivity contribution in [3.63, 3.8) is 0 Å². The van der Waals surface area contributed by atoms with Crippen LogP contribution in [0.1, 0.15) is 46.9 Å². The predicted molar refractivity (Wildman–Crippen MR) is 189 cm³/mol. The largest absolute Gasteiger partial charge is 0.366 e. The maximum absolute atomic E-state index is 12.1. The molecule has 0 atom stereocenters. The molecular weight excluding hydrogens is 602 g/mol. The Bertz CT molecular complexity index is 2350. The van der Waals surface area contributed by atoms with E-state index in [1.54, 1.807) is 6.07 Å². The summed E-state index contributed by atoms with van der Waals surface area (Å²) in [4.78, 5) is 26.8. The van der Waals surface area contributed by atoms with Crippen molar-refractivity contribution in [2.45, 2.75) is 67.3 Å². The summed E-state index contributed by atoms with van der Waals surface area (Å²) < 4.78 is 8.31. The molecule has 0 unspecified atom stereocenters. The van der Waals surface area contributed by atoms with E-state index in [4.69, 9.17) is 20.7 Å². The lowest BCUT2D eigenvalue weighted by molar-refractivity contribution is 0.100. The second-order valence-electron chi connectivity index (χ2n) is 12.0. The van der Waals surface area contributed by atoms with Gasteiger partial charge < -0.3 is 20.2 Å². The molecular formula is C36H39N11O. The number of aryl methyl sites for hydroxylation is 5. The Labute approximate surface area is 277 Å². The van der Waals surface area contributed by atoms with Crippen molar-refractivity contribution < 1.29 is 4.79 Å². The van der Waals surface area contributed by atoms with Crippen molar-refractivity contribution in [3.8, 4) is 11.5 Å². The number of hydrogen-bond acceptors (Lipinski definition) is 7. The molecule has 0 radical (unpaired) electrons. The maximum atomic E-state index is 12.1. The molecule has 3 N–H and O–H groups in total. The first-order valence-electron chi connectivity index (χ1n) is 16.3. The van der Waals surface area contributed by atoms with Crippen LogP contribution in [0.4, 0.5) is 5.95 Å². The number of para-hydroxylation sites is 1. The minimum absolute atomic E-state index is 0.441. The molecule has 0 saturated heterocycles. The number of nitrogens with one attached hydrogen (secondary N) is 1. The van der Waals surface area contributed by atoms with Gasteiger partial charge in [0.2, 0.25) is 11.9 Å². The third-order valence-electron chi connectivity index (χ3n) is 8.71. The van der Waals surface area contributed by atoms with Crippen LogP contribution >= 0.6 is 0 Å². The van der Waals surface area contributed by atoms with Crippen molar-refractivity contribution in [1.29, 1.82) is 0 Å². The van der Waals surface area contributed by atoms with Gasteiger partial charge in [-0.1, -0.05) is 30.4 Å². The number of nitrogens with zero attached hydrogens (tertiary/aromatic N) is 9. The minimum atomic E-state index is -0.473. The van der Waals surface area contributed by atoms with Crippen molar-refractivity contribution in [1.82, 2.24) is 43.6 Å². The van der Waals surface area contributed by atoms with Gasteiger partial charge in [-0.3, -0.25) is 14.2 Å². The van der Waals surface area contributed by atoms with E-state index >= 15 is 0 Å². The second kappa shape index (κ2) is 12.4. The molecule has 2 aromatic carbocycles. The fourth-order valence-electron chi connectivity index (χ4n) is 6.57. The van der Waals surface area contributed by atoms with Crippen LogP contribution in [-0.2, 0) is 32.7 Å². The van der Waals surface area contributed by atoms with Gasteiger partial charge in [-0.15, -0.1) is 0 Å². The number of carbonyl (C=O) groups is 1. The lowest BCUT2D eigenvalue weighted by atomic mass is 10.1. The fourth-order valence-corrected chi connectivity index (χ4v) is 6.57. The molecule has 5 aromatic heterocycles. The summed E-state index contributed by atoms with van der Waals surface area (Å²) in [6, 6.07) is 16.0. The van der Waals surface area contributed by atoms with E-state index in [0.29, 0.717) is 42.5 Å². The van der Waals surface area contributed by atoms with Crippen LogP contribution < -0.4 is 11.1 Å². The summed E-state index contributed by atoms with van der Waals surface area (Å²) in [5, 5.41) is 14.8. The Morgan fingerprint density at radius 1 is 0.875 bits per heavy atom. The zero-order chi connectivity index (χ0) is 33.5. The molecule has 5 heterocycles. The Hall–Kier alpha value is -5.78. The van der Waals surface area contributed by atoms with E-state index in [1.165, 1.54) is 0 Å². The SMILES string of the molecule is CCn1nc(C)cc1CNc1nc2cc(C(N)=O)cc(C)c2n1C/C=C/Cn1c2ccccc2c2cnc(-c3cc(C)nn3CC)nc21. The molecule has 7 rings (SSSR count). The number of carbonyl (C=O) groups excluding carboxylic acids is 1. The van der Waals surface area contributed by atoms with E-state index in [2.05, 4.69) is 74.9 Å². The monoisotopic (exact) mass is 641 g/mol. The summed E-state index contributed by atoms with van der Waals surface area (Å²) >= 11 is 0. The number of fused-ring (bicyclic) bond motifs is 4. The number of benzene rings is 2. The number of amides is 1. The first-order chi connectivity index (χ1) is 23.2. The van der Waals surface area contributed by atoms with Crippen LogP contribution in [0.3, 0.4) is 0 Å². The van der Waals surface area contributed by atoms with Crippen molar-refractivity contribution in [2.24, 2.45) is 5.73 Å². The van der Waals surface area contributed by atoms with Gasteiger partial charge in [0.15, 0.2) is 5.82 Å². The fraction of sp³-hybridized carbons (Fsp3) is 0.278. The van der Waals surface area contributed by atoms with Gasteiger partial charge in [0.1, 0.15) is 11.3 Å². The molecule has 244 valence electrons. The molecule has 12 heteroatoms. The Morgan fingerprint density at radius 2 is 1.60 bits per heavy atom. The Balaban J connectivity index is 1.23. The highest BCUT2D eigenvalue weighted by atomic mass is 16.1. The Kier molecular flexibility index (Phi) is 7.99. The summed E-state index contributed by atoms with van der Waals surface area (Å²) in [7, 11) is 0. The summed E-state index contributed by atoms with van der Waals surface area (Å²) in [6.07, 6.45) is 6.23. The average molecular weight is 642 g/mol. The van der Waals surface area contributed by atoms with Gasteiger partial charge in [0.25, 0.3) is 0 Å². The highest BCUT2D eigenvalue weighted by molar-refractivity contribution is 6.06. The van der Waals surface area contributed by atoms with Crippen LogP contribution in [-0.4, -0.2) is 49.6 Å². The Morgan fingerprint density at radius 3 is 2.38 bits per heavy atom. The number of allylic oxidation sites excluding steroid dienone is 2. The number of rotatable bonds is 11. The van der Waals surface area contributed by atoms with Gasteiger partial charge in [-0.25, -0.2) is 15.0 Å². The van der Waals surface area contributed by atoms with Crippen molar-refractivity contribution in [3.05, 3.63) is 95.1 Å². The van der Waals surface area contributed by atoms with Crippen molar-refractivity contribution in [2.75, 3.05) is 5.32 Å². The van der Waals surface area contributed by atoms with E-state index in [9.17, 15) is 4.79 Å². The van der Waals surface area contributed by atoms with Gasteiger partial charge in [0, 0.05) is 48.7 Å². The highest BCUT2D eigenvalue weighted by Gasteiger charge is 2.18. The lowest BCUT2D eigenvalue weighted by Gasteiger charge is -2.11. The van der Waals surface area contributed by atoms with E-state index in [-0.39, 0.29) is 0 Å². The van der Waals surface area contributed by atoms with Crippen LogP contribution in [0.5, 0.6) is 0 Å². The first kappa shape index (κ1) is 30.9. The minimum Gasteiger partial charge on any atom is -0.366 e. The number of hydrogen-bond donors (Lipinski definition) is 2. The predicted octanol–water partition coefficient (Wildman–Crippen LogP) is 5.93.